The van der Waals surface area contributed by atoms with Crippen molar-refractivity contribution in [2.45, 2.75) is 6.54 Å². The molecule has 1 aromatic heterocycles. The second kappa shape index (κ2) is 4.87. The highest BCUT2D eigenvalue weighted by molar-refractivity contribution is 5.88. The number of benzene rings is 1. The number of carboxylic acid groups (broad SMARTS) is 1. The highest BCUT2D eigenvalue weighted by Gasteiger charge is 2.08. The third kappa shape index (κ3) is 2.65. The minimum absolute atomic E-state index is 0.0733. The van der Waals surface area contributed by atoms with Gasteiger partial charge in [0.15, 0.2) is 0 Å². The summed E-state index contributed by atoms with van der Waals surface area (Å²) in [6.45, 7) is 0.379. The van der Waals surface area contributed by atoms with Crippen LogP contribution in [0.3, 0.4) is 0 Å². The van der Waals surface area contributed by atoms with Crippen molar-refractivity contribution in [2.24, 2.45) is 7.05 Å². The van der Waals surface area contributed by atoms with Gasteiger partial charge >= 0.3 is 5.97 Å². The largest absolute Gasteiger partial charge is 0.478 e. The molecule has 2 aromatic rings. The topological polar surface area (TPSA) is 67.2 Å². The first-order chi connectivity index (χ1) is 8.56. The van der Waals surface area contributed by atoms with Gasteiger partial charge in [0.05, 0.1) is 23.5 Å². The number of rotatable bonds is 4. The molecule has 0 saturated heterocycles. The highest BCUT2D eigenvalue weighted by atomic mass is 19.1. The number of hydrogen-bond acceptors (Lipinski definition) is 3. The van der Waals surface area contributed by atoms with Crippen LogP contribution >= 0.6 is 0 Å². The normalized spacial score (nSPS) is 10.3. The third-order valence-corrected chi connectivity index (χ3v) is 2.44. The number of aromatic nitrogens is 2. The third-order valence-electron chi connectivity index (χ3n) is 2.44. The summed E-state index contributed by atoms with van der Waals surface area (Å²) in [5.74, 6) is -1.74. The van der Waals surface area contributed by atoms with Crippen LogP contribution in [0.5, 0.6) is 0 Å². The van der Waals surface area contributed by atoms with Gasteiger partial charge in [0.25, 0.3) is 0 Å². The number of aromatic carboxylic acids is 1. The maximum absolute atomic E-state index is 13.6. The van der Waals surface area contributed by atoms with E-state index in [4.69, 9.17) is 5.11 Å². The summed E-state index contributed by atoms with van der Waals surface area (Å²) in [5, 5.41) is 15.7. The molecular weight excluding hydrogens is 237 g/mol. The number of halogens is 1. The molecule has 2 N–H and O–H groups in total. The second-order valence-corrected chi connectivity index (χ2v) is 3.83. The number of nitrogens with one attached hydrogen (secondary N) is 1. The summed E-state index contributed by atoms with van der Waals surface area (Å²) in [5.41, 5.74) is 0.959. The summed E-state index contributed by atoms with van der Waals surface area (Å²) in [7, 11) is 1.80. The molecule has 6 heteroatoms. The van der Waals surface area contributed by atoms with Crippen LogP contribution in [-0.2, 0) is 13.6 Å². The maximum atomic E-state index is 13.6. The van der Waals surface area contributed by atoms with Crippen molar-refractivity contribution < 1.29 is 14.3 Å². The molecule has 0 spiro atoms. The first-order valence-electron chi connectivity index (χ1n) is 5.31. The summed E-state index contributed by atoms with van der Waals surface area (Å²) in [6.07, 6.45) is 1.79. The number of aryl methyl sites for hydroxylation is 1. The summed E-state index contributed by atoms with van der Waals surface area (Å²) >= 11 is 0. The molecule has 18 heavy (non-hydrogen) atoms. The van der Waals surface area contributed by atoms with E-state index in [1.54, 1.807) is 17.9 Å². The first kappa shape index (κ1) is 12.1. The van der Waals surface area contributed by atoms with E-state index in [9.17, 15) is 9.18 Å². The summed E-state index contributed by atoms with van der Waals surface area (Å²) in [4.78, 5) is 10.6. The van der Waals surface area contributed by atoms with E-state index in [1.807, 2.05) is 6.07 Å². The standard InChI is InChI=1S/C12H12FN3O2/c1-16-5-4-9(15-16)7-14-11-3-2-8(12(17)18)6-10(11)13/h2-6,14H,7H2,1H3,(H,17,18). The molecule has 1 heterocycles. The van der Waals surface area contributed by atoms with Gasteiger partial charge in [-0.1, -0.05) is 0 Å². The molecule has 94 valence electrons. The second-order valence-electron chi connectivity index (χ2n) is 3.83. The Balaban J connectivity index is 2.08. The first-order valence-corrected chi connectivity index (χ1v) is 5.31. The van der Waals surface area contributed by atoms with Gasteiger partial charge in [-0.2, -0.15) is 5.10 Å². The molecule has 0 aliphatic carbocycles. The van der Waals surface area contributed by atoms with Gasteiger partial charge in [0.1, 0.15) is 5.82 Å². The fraction of sp³-hybridized carbons (Fsp3) is 0.167. The predicted molar refractivity (Wildman–Crippen MR) is 63.9 cm³/mol. The zero-order valence-corrected chi connectivity index (χ0v) is 9.72. The van der Waals surface area contributed by atoms with Gasteiger partial charge < -0.3 is 10.4 Å². The molecule has 0 bridgehead atoms. The minimum Gasteiger partial charge on any atom is -0.478 e. The number of carboxylic acids is 1. The molecule has 5 nitrogen and oxygen atoms in total. The Bertz CT molecular complexity index is 580. The van der Waals surface area contributed by atoms with Crippen molar-refractivity contribution in [2.75, 3.05) is 5.32 Å². The van der Waals surface area contributed by atoms with Gasteiger partial charge in [-0.15, -0.1) is 0 Å². The molecule has 0 saturated carbocycles. The van der Waals surface area contributed by atoms with Crippen LogP contribution in [-0.4, -0.2) is 20.9 Å². The van der Waals surface area contributed by atoms with Crippen LogP contribution in [0.1, 0.15) is 16.1 Å². The Morgan fingerprint density at radius 1 is 1.50 bits per heavy atom. The quantitative estimate of drug-likeness (QED) is 0.868. The lowest BCUT2D eigenvalue weighted by Gasteiger charge is -2.06. The van der Waals surface area contributed by atoms with Crippen molar-refractivity contribution >= 4 is 11.7 Å². The fourth-order valence-corrected chi connectivity index (χ4v) is 1.53. The van der Waals surface area contributed by atoms with Gasteiger partial charge in [0.2, 0.25) is 0 Å². The van der Waals surface area contributed by atoms with E-state index >= 15 is 0 Å². The van der Waals surface area contributed by atoms with E-state index in [-0.39, 0.29) is 11.3 Å². The fourth-order valence-electron chi connectivity index (χ4n) is 1.53. The van der Waals surface area contributed by atoms with Crippen molar-refractivity contribution in [1.82, 2.24) is 9.78 Å². The zero-order valence-electron chi connectivity index (χ0n) is 9.72. The Kier molecular flexibility index (Phi) is 3.27. The lowest BCUT2D eigenvalue weighted by Crippen LogP contribution is -2.04. The number of nitrogens with zero attached hydrogens (tertiary/aromatic N) is 2. The molecule has 0 radical (unpaired) electrons. The van der Waals surface area contributed by atoms with E-state index in [0.717, 1.165) is 11.8 Å². The average molecular weight is 249 g/mol. The number of hydrogen-bond donors (Lipinski definition) is 2. The Hall–Kier alpha value is -2.37. The molecule has 1 aromatic carbocycles. The number of anilines is 1. The minimum atomic E-state index is -1.15. The molecule has 0 amide bonds. The van der Waals surface area contributed by atoms with Crippen LogP contribution in [0.15, 0.2) is 30.5 Å². The Labute approximate surface area is 103 Å². The molecule has 0 fully saturated rings. The van der Waals surface area contributed by atoms with E-state index in [1.165, 1.54) is 12.1 Å². The molecule has 0 unspecified atom stereocenters. The summed E-state index contributed by atoms with van der Waals surface area (Å²) in [6, 6.07) is 5.56. The maximum Gasteiger partial charge on any atom is 0.335 e. The van der Waals surface area contributed by atoms with Crippen LogP contribution < -0.4 is 5.32 Å². The van der Waals surface area contributed by atoms with Crippen molar-refractivity contribution in [3.8, 4) is 0 Å². The molecule has 0 aliphatic heterocycles. The molecule has 0 atom stereocenters. The van der Waals surface area contributed by atoms with Crippen molar-refractivity contribution in [3.05, 3.63) is 47.5 Å². The smallest absolute Gasteiger partial charge is 0.335 e. The molecular formula is C12H12FN3O2. The van der Waals surface area contributed by atoms with Crippen LogP contribution in [0.2, 0.25) is 0 Å². The number of carbonyl (C=O) groups is 1. The highest BCUT2D eigenvalue weighted by Crippen LogP contribution is 2.16. The lowest BCUT2D eigenvalue weighted by molar-refractivity contribution is 0.0696. The predicted octanol–water partition coefficient (Wildman–Crippen LogP) is 1.87. The Morgan fingerprint density at radius 2 is 2.28 bits per heavy atom. The monoisotopic (exact) mass is 249 g/mol. The van der Waals surface area contributed by atoms with Crippen LogP contribution in [0.4, 0.5) is 10.1 Å². The van der Waals surface area contributed by atoms with E-state index < -0.39 is 11.8 Å². The molecule has 2 rings (SSSR count). The van der Waals surface area contributed by atoms with E-state index in [0.29, 0.717) is 6.54 Å². The van der Waals surface area contributed by atoms with Gasteiger partial charge in [-0.05, 0) is 24.3 Å². The van der Waals surface area contributed by atoms with Gasteiger partial charge in [-0.25, -0.2) is 9.18 Å². The zero-order chi connectivity index (χ0) is 13.1. The van der Waals surface area contributed by atoms with Crippen LogP contribution in [0.25, 0.3) is 0 Å². The lowest BCUT2D eigenvalue weighted by atomic mass is 10.2. The van der Waals surface area contributed by atoms with E-state index in [2.05, 4.69) is 10.4 Å². The van der Waals surface area contributed by atoms with Gasteiger partial charge in [-0.3, -0.25) is 4.68 Å². The van der Waals surface area contributed by atoms with Crippen molar-refractivity contribution in [3.63, 3.8) is 0 Å². The molecule has 0 aliphatic rings. The van der Waals surface area contributed by atoms with Gasteiger partial charge in [0, 0.05) is 13.2 Å². The average Bonchev–Trinajstić information content (AvgIpc) is 2.73. The SMILES string of the molecule is Cn1ccc(CNc2ccc(C(=O)O)cc2F)n1. The van der Waals surface area contributed by atoms with Crippen molar-refractivity contribution in [1.29, 1.82) is 0 Å². The van der Waals surface area contributed by atoms with Crippen LogP contribution in [0, 0.1) is 5.82 Å². The Morgan fingerprint density at radius 3 is 2.83 bits per heavy atom. The summed E-state index contributed by atoms with van der Waals surface area (Å²) < 4.78 is 15.2.